The van der Waals surface area contributed by atoms with Gasteiger partial charge in [-0.3, -0.25) is 9.69 Å². The summed E-state index contributed by atoms with van der Waals surface area (Å²) in [6, 6.07) is 6.03. The molecule has 4 heterocycles. The van der Waals surface area contributed by atoms with Crippen molar-refractivity contribution in [3.63, 3.8) is 0 Å². The van der Waals surface area contributed by atoms with E-state index in [1.807, 2.05) is 18.2 Å². The first-order chi connectivity index (χ1) is 15.1. The minimum absolute atomic E-state index is 0.109. The third-order valence-corrected chi connectivity index (χ3v) is 6.06. The predicted molar refractivity (Wildman–Crippen MR) is 120 cm³/mol. The molecule has 1 N–H and O–H groups in total. The number of anilines is 1. The number of hydrogen-bond donors (Lipinski definition) is 1. The second kappa shape index (κ2) is 9.62. The van der Waals surface area contributed by atoms with E-state index < -0.39 is 0 Å². The van der Waals surface area contributed by atoms with Crippen molar-refractivity contribution in [2.75, 3.05) is 38.2 Å². The van der Waals surface area contributed by atoms with Crippen LogP contribution in [0.1, 0.15) is 49.8 Å². The van der Waals surface area contributed by atoms with Gasteiger partial charge in [-0.05, 0) is 58.0 Å². The van der Waals surface area contributed by atoms with Gasteiger partial charge in [0.25, 0.3) is 5.56 Å². The van der Waals surface area contributed by atoms with Gasteiger partial charge < -0.3 is 19.0 Å². The minimum Gasteiger partial charge on any atom is -0.462 e. The normalized spacial score (nSPS) is 15.6. The third-order valence-electron chi connectivity index (χ3n) is 6.06. The number of aromatic nitrogens is 3. The summed E-state index contributed by atoms with van der Waals surface area (Å²) in [6.45, 7) is 9.03. The zero-order chi connectivity index (χ0) is 21.8. The maximum Gasteiger partial charge on any atom is 0.259 e. The van der Waals surface area contributed by atoms with E-state index in [0.29, 0.717) is 23.9 Å². The molecule has 1 aliphatic rings. The van der Waals surface area contributed by atoms with E-state index in [2.05, 4.69) is 38.6 Å². The summed E-state index contributed by atoms with van der Waals surface area (Å²) in [7, 11) is 1.67. The molecule has 0 amide bonds. The smallest absolute Gasteiger partial charge is 0.259 e. The van der Waals surface area contributed by atoms with Crippen LogP contribution in [-0.4, -0.2) is 53.1 Å². The summed E-state index contributed by atoms with van der Waals surface area (Å²) in [4.78, 5) is 29.3. The lowest BCUT2D eigenvalue weighted by atomic mass is 9.92. The average Bonchev–Trinajstić information content (AvgIpc) is 3.22. The highest BCUT2D eigenvalue weighted by Crippen LogP contribution is 2.28. The van der Waals surface area contributed by atoms with Crippen LogP contribution >= 0.6 is 0 Å². The van der Waals surface area contributed by atoms with Crippen molar-refractivity contribution in [3.05, 3.63) is 52.0 Å². The molecule has 1 fully saturated rings. The van der Waals surface area contributed by atoms with Gasteiger partial charge in [-0.25, -0.2) is 9.97 Å². The van der Waals surface area contributed by atoms with E-state index in [0.717, 1.165) is 68.3 Å². The minimum atomic E-state index is -0.109. The lowest BCUT2D eigenvalue weighted by molar-refractivity contribution is 0.154. The van der Waals surface area contributed by atoms with Crippen molar-refractivity contribution in [1.82, 2.24) is 19.9 Å². The van der Waals surface area contributed by atoms with Crippen LogP contribution in [0, 0.1) is 0 Å². The lowest BCUT2D eigenvalue weighted by Gasteiger charge is -2.31. The van der Waals surface area contributed by atoms with Crippen molar-refractivity contribution >= 4 is 16.9 Å². The fourth-order valence-corrected chi connectivity index (χ4v) is 4.28. The Kier molecular flexibility index (Phi) is 6.67. The molecule has 8 nitrogen and oxygen atoms in total. The van der Waals surface area contributed by atoms with E-state index in [1.54, 1.807) is 13.3 Å². The lowest BCUT2D eigenvalue weighted by Crippen LogP contribution is -2.33. The molecule has 8 heteroatoms. The van der Waals surface area contributed by atoms with Crippen molar-refractivity contribution in [3.8, 4) is 0 Å². The van der Waals surface area contributed by atoms with Crippen LogP contribution in [0.2, 0.25) is 0 Å². The zero-order valence-electron chi connectivity index (χ0n) is 18.6. The number of aromatic amines is 1. The number of methoxy groups -OCH3 is 1. The molecule has 3 aromatic heterocycles. The topological polar surface area (TPSA) is 87.5 Å². The third kappa shape index (κ3) is 4.80. The van der Waals surface area contributed by atoms with Gasteiger partial charge in [-0.2, -0.15) is 0 Å². The number of fused-ring (bicyclic) bond motifs is 1. The first kappa shape index (κ1) is 21.5. The Balaban J connectivity index is 1.45. The number of rotatable bonds is 8. The molecular weight excluding hydrogens is 394 g/mol. The molecule has 0 saturated carbocycles. The summed E-state index contributed by atoms with van der Waals surface area (Å²) < 4.78 is 10.9. The molecule has 1 saturated heterocycles. The van der Waals surface area contributed by atoms with Crippen molar-refractivity contribution in [2.24, 2.45) is 0 Å². The van der Waals surface area contributed by atoms with Crippen molar-refractivity contribution < 1.29 is 9.15 Å². The molecule has 0 bridgehead atoms. The molecular formula is C23H31N5O3. The first-order valence-corrected chi connectivity index (χ1v) is 11.0. The molecule has 31 heavy (non-hydrogen) atoms. The van der Waals surface area contributed by atoms with Gasteiger partial charge in [0.15, 0.2) is 0 Å². The first-order valence-electron chi connectivity index (χ1n) is 11.0. The zero-order valence-corrected chi connectivity index (χ0v) is 18.6. The Hall–Kier alpha value is -2.71. The van der Waals surface area contributed by atoms with Crippen LogP contribution in [0.3, 0.4) is 0 Å². The number of hydrogen-bond acceptors (Lipinski definition) is 7. The molecule has 0 aromatic carbocycles. The van der Waals surface area contributed by atoms with Crippen molar-refractivity contribution in [1.29, 1.82) is 0 Å². The molecule has 0 atom stereocenters. The van der Waals surface area contributed by atoms with Gasteiger partial charge >= 0.3 is 0 Å². The molecule has 1 aliphatic heterocycles. The number of piperidine rings is 1. The summed E-state index contributed by atoms with van der Waals surface area (Å²) in [5.74, 6) is 2.81. The maximum atomic E-state index is 12.6. The van der Waals surface area contributed by atoms with Gasteiger partial charge in [-0.1, -0.05) is 0 Å². The molecule has 166 valence electrons. The Morgan fingerprint density at radius 2 is 1.97 bits per heavy atom. The number of furan rings is 1. The van der Waals surface area contributed by atoms with Crippen LogP contribution in [0.4, 0.5) is 5.95 Å². The van der Waals surface area contributed by atoms with Crippen LogP contribution in [0.5, 0.6) is 0 Å². The van der Waals surface area contributed by atoms with Gasteiger partial charge in [0.1, 0.15) is 18.1 Å². The SMILES string of the molecule is CCN(CC)c1ncc2c(=O)[nH]c(C3CCN(Cc4ccc(COC)o4)CC3)cc2n1. The molecule has 0 radical (unpaired) electrons. The second-order valence-corrected chi connectivity index (χ2v) is 8.05. The van der Waals surface area contributed by atoms with E-state index >= 15 is 0 Å². The van der Waals surface area contributed by atoms with E-state index in [9.17, 15) is 4.79 Å². The number of nitrogens with one attached hydrogen (secondary N) is 1. The van der Waals surface area contributed by atoms with Crippen LogP contribution in [0.25, 0.3) is 10.9 Å². The van der Waals surface area contributed by atoms with Gasteiger partial charge in [0, 0.05) is 38.0 Å². The highest BCUT2D eigenvalue weighted by atomic mass is 16.5. The standard InChI is InChI=1S/C23H31N5O3/c1-4-28(5-2)23-24-13-19-21(26-23)12-20(25-22(19)29)16-8-10-27(11-9-16)14-17-6-7-18(31-17)15-30-3/h6-7,12-13,16H,4-5,8-11,14-15H2,1-3H3,(H,25,29). The fourth-order valence-electron chi connectivity index (χ4n) is 4.28. The Morgan fingerprint density at radius 1 is 1.23 bits per heavy atom. The van der Waals surface area contributed by atoms with Crippen LogP contribution < -0.4 is 10.5 Å². The highest BCUT2D eigenvalue weighted by Gasteiger charge is 2.23. The average molecular weight is 426 g/mol. The number of ether oxygens (including phenoxy) is 1. The molecule has 0 unspecified atom stereocenters. The Bertz CT molecular complexity index is 1060. The number of nitrogens with zero attached hydrogens (tertiary/aromatic N) is 4. The highest BCUT2D eigenvalue weighted by molar-refractivity contribution is 5.78. The number of pyridine rings is 1. The van der Waals surface area contributed by atoms with Crippen LogP contribution in [-0.2, 0) is 17.9 Å². The molecule has 0 spiro atoms. The van der Waals surface area contributed by atoms with Gasteiger partial charge in [0.05, 0.1) is 17.4 Å². The summed E-state index contributed by atoms with van der Waals surface area (Å²) in [6.07, 6.45) is 3.62. The van der Waals surface area contributed by atoms with E-state index in [1.165, 1.54) is 0 Å². The van der Waals surface area contributed by atoms with Gasteiger partial charge in [0.2, 0.25) is 5.95 Å². The largest absolute Gasteiger partial charge is 0.462 e. The van der Waals surface area contributed by atoms with Crippen LogP contribution in [0.15, 0.2) is 33.6 Å². The van der Waals surface area contributed by atoms with E-state index in [4.69, 9.17) is 9.15 Å². The number of likely N-dealkylation sites (tertiary alicyclic amines) is 1. The second-order valence-electron chi connectivity index (χ2n) is 8.05. The van der Waals surface area contributed by atoms with Gasteiger partial charge in [-0.15, -0.1) is 0 Å². The molecule has 3 aromatic rings. The maximum absolute atomic E-state index is 12.6. The Morgan fingerprint density at radius 3 is 2.68 bits per heavy atom. The summed E-state index contributed by atoms with van der Waals surface area (Å²) >= 11 is 0. The van der Waals surface area contributed by atoms with E-state index in [-0.39, 0.29) is 5.56 Å². The quantitative estimate of drug-likeness (QED) is 0.592. The predicted octanol–water partition coefficient (Wildman–Crippen LogP) is 3.28. The molecule has 4 rings (SSSR count). The monoisotopic (exact) mass is 425 g/mol. The summed E-state index contributed by atoms with van der Waals surface area (Å²) in [5, 5.41) is 0.543. The molecule has 0 aliphatic carbocycles. The fraction of sp³-hybridized carbons (Fsp3) is 0.522. The Labute approximate surface area is 182 Å². The number of H-pyrrole nitrogens is 1. The van der Waals surface area contributed by atoms with Crippen molar-refractivity contribution in [2.45, 2.75) is 45.8 Å². The summed E-state index contributed by atoms with van der Waals surface area (Å²) in [5.41, 5.74) is 1.59.